The van der Waals surface area contributed by atoms with Crippen LogP contribution >= 0.6 is 0 Å². The lowest BCUT2D eigenvalue weighted by Gasteiger charge is -2.42. The zero-order valence-corrected chi connectivity index (χ0v) is 29.9. The van der Waals surface area contributed by atoms with Crippen LogP contribution in [0.2, 0.25) is 14.3 Å². The molecule has 40 heavy (non-hydrogen) atoms. The summed E-state index contributed by atoms with van der Waals surface area (Å²) in [4.78, 5) is 86.2. The number of ketones is 6. The van der Waals surface area contributed by atoms with Crippen LogP contribution in [0.5, 0.6) is 0 Å². The van der Waals surface area contributed by atoms with Crippen LogP contribution in [0.3, 0.4) is 0 Å². The van der Waals surface area contributed by atoms with Gasteiger partial charge in [0.2, 0.25) is 0 Å². The predicted molar refractivity (Wildman–Crippen MR) is 164 cm³/mol. The number of rotatable bonds is 9. The summed E-state index contributed by atoms with van der Waals surface area (Å²) in [5.41, 5.74) is -6.10. The van der Waals surface area contributed by atoms with Gasteiger partial charge in [0.05, 0.1) is 0 Å². The van der Waals surface area contributed by atoms with E-state index in [-0.39, 0.29) is 0 Å². The molecular weight excluding hydrogens is 519 g/mol. The van der Waals surface area contributed by atoms with Crippen LogP contribution in [-0.4, -0.2) is 48.8 Å². The summed E-state index contributed by atoms with van der Waals surface area (Å²) in [6.07, 6.45) is 0. The highest BCUT2D eigenvalue weighted by molar-refractivity contribution is 6.84. The van der Waals surface area contributed by atoms with Gasteiger partial charge in [0.1, 0.15) is 34.7 Å². The molecule has 0 aliphatic heterocycles. The second-order valence-electron chi connectivity index (χ2n) is 17.7. The van der Waals surface area contributed by atoms with Crippen molar-refractivity contribution in [3.05, 3.63) is 0 Å². The molecule has 0 spiro atoms. The third kappa shape index (κ3) is 9.28. The molecule has 0 bridgehead atoms. The van der Waals surface area contributed by atoms with E-state index in [9.17, 15) is 28.8 Å². The quantitative estimate of drug-likeness (QED) is 0.211. The van der Waals surface area contributed by atoms with Crippen LogP contribution in [0.15, 0.2) is 0 Å². The normalized spacial score (nSPS) is 14.0. The highest BCUT2D eigenvalue weighted by atomic mass is 27.2. The number of hydrogen-bond donors (Lipinski definition) is 0. The zero-order chi connectivity index (χ0) is 32.8. The smallest absolute Gasteiger partial charge is 0.300 e. The fourth-order valence-electron chi connectivity index (χ4n) is 4.78. The molecule has 0 amide bonds. The monoisotopic (exact) mass is 576 g/mol. The second-order valence-corrected chi connectivity index (χ2v) is 20.9. The Morgan fingerprint density at radius 1 is 0.300 bits per heavy atom. The summed E-state index contributed by atoms with van der Waals surface area (Å²) in [6, 6.07) is 0. The van der Waals surface area contributed by atoms with Gasteiger partial charge < -0.3 is 0 Å². The predicted octanol–water partition coefficient (Wildman–Crippen LogP) is 7.28. The molecule has 0 aromatic heterocycles. The molecule has 6 nitrogen and oxygen atoms in total. The molecule has 228 valence electrons. The van der Waals surface area contributed by atoms with Crippen LogP contribution in [-0.2, 0) is 28.8 Å². The van der Waals surface area contributed by atoms with Crippen LogP contribution in [0.25, 0.3) is 0 Å². The summed E-state index contributed by atoms with van der Waals surface area (Å²) in [7, 11) is 0. The topological polar surface area (TPSA) is 102 Å². The van der Waals surface area contributed by atoms with Gasteiger partial charge in [-0.1, -0.05) is 125 Å². The lowest BCUT2D eigenvalue weighted by atomic mass is 9.80. The van der Waals surface area contributed by atoms with Crippen molar-refractivity contribution in [2.45, 2.75) is 139 Å². The van der Waals surface area contributed by atoms with Gasteiger partial charge >= 0.3 is 14.1 Å². The number of hydrogen-bond acceptors (Lipinski definition) is 6. The van der Waals surface area contributed by atoms with Gasteiger partial charge in [-0.05, 0) is 0 Å². The van der Waals surface area contributed by atoms with Gasteiger partial charge in [0.25, 0.3) is 0 Å². The molecule has 0 radical (unpaired) electrons. The Bertz CT molecular complexity index is 813. The maximum absolute atomic E-state index is 14.4. The fourth-order valence-corrected chi connectivity index (χ4v) is 11.0. The average Bonchev–Trinajstić information content (AvgIpc) is 2.69. The molecular formula is C33H57AlO6. The summed E-state index contributed by atoms with van der Waals surface area (Å²) in [5, 5.41) is 0. The molecule has 0 aliphatic carbocycles. The van der Waals surface area contributed by atoms with Crippen molar-refractivity contribution in [2.75, 3.05) is 0 Å². The largest absolute Gasteiger partial charge is 0.336 e. The SMILES string of the molecule is CC(C)(C)C(=O)[CH](C(=O)C(C)(C)C)[Al]([CH](C(=O)C(C)(C)C)C(=O)C(C)(C)C)[CH](C(=O)C(C)(C)C)C(=O)C(C)(C)C. The van der Waals surface area contributed by atoms with Crippen molar-refractivity contribution in [3.63, 3.8) is 0 Å². The Kier molecular flexibility index (Phi) is 11.6. The first kappa shape index (κ1) is 38.6. The highest BCUT2D eigenvalue weighted by Gasteiger charge is 2.62. The highest BCUT2D eigenvalue weighted by Crippen LogP contribution is 2.48. The average molecular weight is 577 g/mol. The number of carbonyl (C=O) groups is 6. The van der Waals surface area contributed by atoms with E-state index in [1.54, 1.807) is 125 Å². The summed E-state index contributed by atoms with van der Waals surface area (Å²) < 4.78 is -4.15. The molecule has 0 aromatic rings. The van der Waals surface area contributed by atoms with Crippen molar-refractivity contribution in [2.24, 2.45) is 32.5 Å². The minimum absolute atomic E-state index is 0.425. The van der Waals surface area contributed by atoms with Gasteiger partial charge in [-0.2, -0.15) is 0 Å². The third-order valence-corrected chi connectivity index (χ3v) is 11.4. The molecule has 0 aliphatic rings. The van der Waals surface area contributed by atoms with E-state index >= 15 is 0 Å². The maximum atomic E-state index is 14.4. The Morgan fingerprint density at radius 3 is 0.475 bits per heavy atom. The van der Waals surface area contributed by atoms with Crippen molar-refractivity contribution in [3.8, 4) is 0 Å². The van der Waals surface area contributed by atoms with Crippen molar-refractivity contribution in [1.29, 1.82) is 0 Å². The van der Waals surface area contributed by atoms with E-state index in [1.165, 1.54) is 0 Å². The van der Waals surface area contributed by atoms with Gasteiger partial charge in [-0.25, -0.2) is 0 Å². The molecule has 0 aromatic carbocycles. The summed E-state index contributed by atoms with van der Waals surface area (Å²) >= 11 is -3.62. The van der Waals surface area contributed by atoms with E-state index in [0.717, 1.165) is 0 Å². The van der Waals surface area contributed by atoms with Crippen LogP contribution < -0.4 is 0 Å². The lowest BCUT2D eigenvalue weighted by molar-refractivity contribution is -0.136. The summed E-state index contributed by atoms with van der Waals surface area (Å²) in [6.45, 7) is 30.5. The molecule has 0 fully saturated rings. The van der Waals surface area contributed by atoms with Gasteiger partial charge in [0.15, 0.2) is 0 Å². The summed E-state index contributed by atoms with van der Waals surface area (Å²) in [5.74, 6) is -2.55. The minimum atomic E-state index is -3.62. The fraction of sp³-hybridized carbons (Fsp3) is 0.818. The van der Waals surface area contributed by atoms with Gasteiger partial charge in [-0.15, -0.1) is 0 Å². The number of carbonyl (C=O) groups excluding carboxylic acids is 6. The maximum Gasteiger partial charge on any atom is 0.336 e. The second kappa shape index (κ2) is 12.0. The van der Waals surface area contributed by atoms with Gasteiger partial charge in [-0.3, -0.25) is 28.8 Å². The zero-order valence-electron chi connectivity index (χ0n) is 28.8. The Balaban J connectivity index is 8.51. The molecule has 0 atom stereocenters. The molecule has 0 rings (SSSR count). The minimum Gasteiger partial charge on any atom is -0.300 e. The van der Waals surface area contributed by atoms with E-state index in [1.807, 2.05) is 0 Å². The molecule has 0 heterocycles. The molecule has 0 N–H and O–H groups in total. The first-order valence-corrected chi connectivity index (χ1v) is 16.5. The van der Waals surface area contributed by atoms with E-state index in [4.69, 9.17) is 0 Å². The lowest BCUT2D eigenvalue weighted by Crippen LogP contribution is -2.57. The van der Waals surface area contributed by atoms with Crippen LogP contribution in [0.1, 0.15) is 125 Å². The van der Waals surface area contributed by atoms with Crippen LogP contribution in [0, 0.1) is 32.5 Å². The Hall–Kier alpha value is -1.45. The first-order chi connectivity index (χ1) is 17.2. The standard InChI is InChI=1S/3C11H19O2.Al/c3*1-10(2,3)8(12)7-9(13)11(4,5)6;/h3*7H,1-6H3;. The van der Waals surface area contributed by atoms with E-state index in [0.29, 0.717) is 0 Å². The van der Waals surface area contributed by atoms with E-state index in [2.05, 4.69) is 0 Å². The van der Waals surface area contributed by atoms with Crippen molar-refractivity contribution >= 4 is 48.8 Å². The Labute approximate surface area is 248 Å². The molecule has 7 heteroatoms. The first-order valence-electron chi connectivity index (χ1n) is 14.5. The number of Topliss-reactive ketones (excluding diaryl/α,β-unsaturated/α-hetero) is 6. The van der Waals surface area contributed by atoms with Crippen LogP contribution in [0.4, 0.5) is 0 Å². The Morgan fingerprint density at radius 2 is 0.400 bits per heavy atom. The van der Waals surface area contributed by atoms with Crippen molar-refractivity contribution < 1.29 is 28.8 Å². The third-order valence-electron chi connectivity index (χ3n) is 7.28. The molecule has 0 saturated heterocycles. The van der Waals surface area contributed by atoms with E-state index < -0.39 is 95.7 Å². The van der Waals surface area contributed by atoms with Gasteiger partial charge in [0, 0.05) is 46.8 Å². The molecule has 0 saturated carbocycles. The van der Waals surface area contributed by atoms with Crippen molar-refractivity contribution in [1.82, 2.24) is 0 Å². The molecule has 0 unspecified atom stereocenters.